The summed E-state index contributed by atoms with van der Waals surface area (Å²) in [5, 5.41) is 2.92. The first-order valence-electron chi connectivity index (χ1n) is 13.0. The van der Waals surface area contributed by atoms with Crippen LogP contribution in [-0.2, 0) is 14.3 Å². The minimum atomic E-state index is -1.05. The predicted octanol–water partition coefficient (Wildman–Crippen LogP) is 2.60. The fraction of sp³-hybridized carbons (Fsp3) is 0.464. The number of nitrogens with one attached hydrogen (secondary N) is 1. The second-order valence-corrected chi connectivity index (χ2v) is 9.86. The molecular formula is C28H32FN3O6. The Morgan fingerprint density at radius 1 is 1.08 bits per heavy atom. The van der Waals surface area contributed by atoms with Crippen LogP contribution in [-0.4, -0.2) is 85.3 Å². The van der Waals surface area contributed by atoms with Crippen LogP contribution in [0.25, 0.3) is 0 Å². The molecule has 3 saturated heterocycles. The summed E-state index contributed by atoms with van der Waals surface area (Å²) in [4.78, 5) is 43.4. The summed E-state index contributed by atoms with van der Waals surface area (Å²) < 4.78 is 30.6. The maximum atomic E-state index is 13.7. The van der Waals surface area contributed by atoms with E-state index in [2.05, 4.69) is 5.32 Å². The summed E-state index contributed by atoms with van der Waals surface area (Å²) in [6.45, 7) is 1.76. The highest BCUT2D eigenvalue weighted by Crippen LogP contribution is 2.39. The lowest BCUT2D eigenvalue weighted by Crippen LogP contribution is -2.60. The number of likely N-dealkylation sites (tertiary alicyclic amines) is 1. The van der Waals surface area contributed by atoms with Crippen molar-refractivity contribution in [2.75, 3.05) is 40.0 Å². The van der Waals surface area contributed by atoms with Gasteiger partial charge in [-0.2, -0.15) is 0 Å². The largest absolute Gasteiger partial charge is 0.497 e. The lowest BCUT2D eigenvalue weighted by atomic mass is 9.96. The Hall–Kier alpha value is -3.50. The van der Waals surface area contributed by atoms with Crippen LogP contribution in [0, 0.1) is 5.82 Å². The molecule has 2 atom stereocenters. The Morgan fingerprint density at radius 2 is 1.84 bits per heavy atom. The van der Waals surface area contributed by atoms with Crippen molar-refractivity contribution in [3.05, 3.63) is 65.5 Å². The third-order valence-electron chi connectivity index (χ3n) is 7.55. The van der Waals surface area contributed by atoms with Gasteiger partial charge in [-0.3, -0.25) is 19.3 Å². The van der Waals surface area contributed by atoms with E-state index in [1.807, 2.05) is 0 Å². The molecule has 3 aliphatic heterocycles. The van der Waals surface area contributed by atoms with Gasteiger partial charge in [0.15, 0.2) is 0 Å². The summed E-state index contributed by atoms with van der Waals surface area (Å²) in [7, 11) is 1.55. The number of methoxy groups -OCH3 is 1. The van der Waals surface area contributed by atoms with E-state index in [1.54, 1.807) is 36.3 Å². The number of rotatable bonds is 6. The Balaban J connectivity index is 1.34. The fourth-order valence-corrected chi connectivity index (χ4v) is 5.43. The van der Waals surface area contributed by atoms with E-state index in [-0.39, 0.29) is 30.1 Å². The highest BCUT2D eigenvalue weighted by Gasteiger charge is 2.54. The molecule has 3 fully saturated rings. The van der Waals surface area contributed by atoms with E-state index in [0.717, 1.165) is 12.8 Å². The van der Waals surface area contributed by atoms with Crippen LogP contribution in [0.3, 0.4) is 0 Å². The SMILES string of the molecule is COc1cccc(C(=O)N2CCC3(CC2)OC[C@H](C(=O)NC[C@H]2CCCO2)N3C(=O)c2ccc(F)cc2)c1. The van der Waals surface area contributed by atoms with Crippen LogP contribution in [0.1, 0.15) is 46.4 Å². The molecule has 2 aromatic rings. The minimum absolute atomic E-state index is 0.0358. The number of ether oxygens (including phenoxy) is 3. The van der Waals surface area contributed by atoms with Crippen molar-refractivity contribution in [3.8, 4) is 5.75 Å². The van der Waals surface area contributed by atoms with Gasteiger partial charge in [-0.1, -0.05) is 6.07 Å². The fourth-order valence-electron chi connectivity index (χ4n) is 5.43. The molecule has 1 spiro atoms. The van der Waals surface area contributed by atoms with Gasteiger partial charge in [0.25, 0.3) is 11.8 Å². The van der Waals surface area contributed by atoms with Gasteiger partial charge in [0.05, 0.1) is 19.8 Å². The zero-order valence-corrected chi connectivity index (χ0v) is 21.4. The van der Waals surface area contributed by atoms with Crippen LogP contribution in [0.15, 0.2) is 48.5 Å². The van der Waals surface area contributed by atoms with Crippen molar-refractivity contribution < 1.29 is 33.0 Å². The Bertz CT molecular complexity index is 1180. The summed E-state index contributed by atoms with van der Waals surface area (Å²) in [5.41, 5.74) is -0.274. The number of carbonyl (C=O) groups is 3. The summed E-state index contributed by atoms with van der Waals surface area (Å²) >= 11 is 0. The summed E-state index contributed by atoms with van der Waals surface area (Å²) in [6, 6.07) is 11.4. The molecule has 0 unspecified atom stereocenters. The Morgan fingerprint density at radius 3 is 2.53 bits per heavy atom. The standard InChI is InChI=1S/C28H32FN3O6/c1-36-22-5-2-4-20(16-22)26(34)31-13-11-28(12-14-31)32(27(35)19-7-9-21(29)10-8-19)24(18-38-28)25(33)30-17-23-6-3-15-37-23/h2,4-5,7-10,16,23-24H,3,6,11-15,17-18H2,1H3,(H,30,33)/t23-,24-/m1/s1. The molecule has 1 N–H and O–H groups in total. The van der Waals surface area contributed by atoms with Crippen molar-refractivity contribution in [1.82, 2.24) is 15.1 Å². The monoisotopic (exact) mass is 525 g/mol. The van der Waals surface area contributed by atoms with E-state index in [0.29, 0.717) is 50.4 Å². The molecule has 9 nitrogen and oxygen atoms in total. The van der Waals surface area contributed by atoms with Crippen LogP contribution >= 0.6 is 0 Å². The number of piperidine rings is 1. The van der Waals surface area contributed by atoms with E-state index < -0.39 is 23.5 Å². The number of hydrogen-bond donors (Lipinski definition) is 1. The van der Waals surface area contributed by atoms with Crippen LogP contribution in [0.5, 0.6) is 5.75 Å². The Labute approximate surface area is 220 Å². The van der Waals surface area contributed by atoms with E-state index in [1.165, 1.54) is 29.2 Å². The quantitative estimate of drug-likeness (QED) is 0.623. The number of benzene rings is 2. The molecular weight excluding hydrogens is 493 g/mol. The highest BCUT2D eigenvalue weighted by molar-refractivity contribution is 5.98. The number of hydrogen-bond acceptors (Lipinski definition) is 6. The van der Waals surface area contributed by atoms with Gasteiger partial charge in [0.2, 0.25) is 5.91 Å². The number of amides is 3. The molecule has 0 radical (unpaired) electrons. The van der Waals surface area contributed by atoms with Gasteiger partial charge in [0.1, 0.15) is 23.3 Å². The number of nitrogens with zero attached hydrogens (tertiary/aromatic N) is 2. The highest BCUT2D eigenvalue weighted by atomic mass is 19.1. The molecule has 202 valence electrons. The number of carbonyl (C=O) groups excluding carboxylic acids is 3. The van der Waals surface area contributed by atoms with Crippen LogP contribution < -0.4 is 10.1 Å². The van der Waals surface area contributed by atoms with Crippen molar-refractivity contribution in [1.29, 1.82) is 0 Å². The topological polar surface area (TPSA) is 97.4 Å². The van der Waals surface area contributed by atoms with E-state index in [9.17, 15) is 18.8 Å². The normalized spacial score (nSPS) is 22.5. The van der Waals surface area contributed by atoms with E-state index >= 15 is 0 Å². The van der Waals surface area contributed by atoms with Gasteiger partial charge >= 0.3 is 0 Å². The van der Waals surface area contributed by atoms with Gasteiger partial charge in [0, 0.05) is 50.2 Å². The van der Waals surface area contributed by atoms with E-state index in [4.69, 9.17) is 14.2 Å². The maximum absolute atomic E-state index is 13.7. The lowest BCUT2D eigenvalue weighted by molar-refractivity contribution is -0.128. The molecule has 0 aliphatic carbocycles. The predicted molar refractivity (Wildman–Crippen MR) is 135 cm³/mol. The minimum Gasteiger partial charge on any atom is -0.497 e. The summed E-state index contributed by atoms with van der Waals surface area (Å²) in [5.74, 6) is -0.727. The van der Waals surface area contributed by atoms with Crippen molar-refractivity contribution in [2.45, 2.75) is 43.6 Å². The van der Waals surface area contributed by atoms with Gasteiger partial charge < -0.3 is 24.4 Å². The van der Waals surface area contributed by atoms with Crippen molar-refractivity contribution in [3.63, 3.8) is 0 Å². The molecule has 38 heavy (non-hydrogen) atoms. The first kappa shape index (κ1) is 26.1. The average molecular weight is 526 g/mol. The third-order valence-corrected chi connectivity index (χ3v) is 7.55. The zero-order valence-electron chi connectivity index (χ0n) is 21.4. The third kappa shape index (κ3) is 5.23. The molecule has 0 saturated carbocycles. The van der Waals surface area contributed by atoms with Gasteiger partial charge in [-0.25, -0.2) is 4.39 Å². The first-order valence-corrected chi connectivity index (χ1v) is 13.0. The van der Waals surface area contributed by atoms with Crippen LogP contribution in [0.4, 0.5) is 4.39 Å². The number of halogens is 1. The molecule has 2 aromatic carbocycles. The molecule has 5 rings (SSSR count). The maximum Gasteiger partial charge on any atom is 0.256 e. The second kappa shape index (κ2) is 11.1. The second-order valence-electron chi connectivity index (χ2n) is 9.86. The van der Waals surface area contributed by atoms with Crippen molar-refractivity contribution >= 4 is 17.7 Å². The lowest BCUT2D eigenvalue weighted by Gasteiger charge is -2.44. The molecule has 0 bridgehead atoms. The molecule has 3 amide bonds. The molecule has 3 heterocycles. The molecule has 0 aromatic heterocycles. The Kier molecular flexibility index (Phi) is 7.62. The van der Waals surface area contributed by atoms with Crippen molar-refractivity contribution in [2.24, 2.45) is 0 Å². The van der Waals surface area contributed by atoms with Gasteiger partial charge in [-0.05, 0) is 55.3 Å². The molecule has 3 aliphatic rings. The van der Waals surface area contributed by atoms with Gasteiger partial charge in [-0.15, -0.1) is 0 Å². The first-order chi connectivity index (χ1) is 18.4. The summed E-state index contributed by atoms with van der Waals surface area (Å²) in [6.07, 6.45) is 2.47. The average Bonchev–Trinajstić information content (AvgIpc) is 3.60. The molecule has 10 heteroatoms. The van der Waals surface area contributed by atoms with Crippen LogP contribution in [0.2, 0.25) is 0 Å². The zero-order chi connectivity index (χ0) is 26.7. The smallest absolute Gasteiger partial charge is 0.256 e.